The number of likely N-dealkylation sites (tertiary alicyclic amines) is 1. The van der Waals surface area contributed by atoms with Crippen LogP contribution in [0.5, 0.6) is 0 Å². The van der Waals surface area contributed by atoms with Crippen molar-refractivity contribution in [2.45, 2.75) is 31.4 Å². The zero-order valence-corrected chi connectivity index (χ0v) is 22.5. The Morgan fingerprint density at radius 1 is 1.29 bits per heavy atom. The standard InChI is InChI=1S/C24H24BrF3N4O5S/c1-2-36-24(35)19-17(10-32-8-15(27)21(16(28)9-32)37-11-18(33)34)30-22(23-29-5-6-38-23)31-20(19)13-4-3-12(26)7-14(13)25/h3-7,15-16,20-21H,2,8-11H2,1H3,(H,30,31)(H,33,34)/t15?,16?,20-,21?/m0/s1. The fourth-order valence-electron chi connectivity index (χ4n) is 4.30. The van der Waals surface area contributed by atoms with Crippen LogP contribution in [0, 0.1) is 5.82 Å². The summed E-state index contributed by atoms with van der Waals surface area (Å²) in [6.45, 7) is 0.293. The molecular formula is C24H24BrF3N4O5S. The van der Waals surface area contributed by atoms with Crippen molar-refractivity contribution in [1.29, 1.82) is 0 Å². The molecule has 2 aliphatic heterocycles. The van der Waals surface area contributed by atoms with Crippen LogP contribution in [0.2, 0.25) is 0 Å². The number of hydrogen-bond donors (Lipinski definition) is 2. The maximum Gasteiger partial charge on any atom is 0.338 e. The molecule has 0 saturated carbocycles. The predicted octanol–water partition coefficient (Wildman–Crippen LogP) is 3.41. The number of thiazole rings is 1. The van der Waals surface area contributed by atoms with Crippen LogP contribution >= 0.6 is 27.3 Å². The maximum absolute atomic E-state index is 14.9. The number of rotatable bonds is 9. The fourth-order valence-corrected chi connectivity index (χ4v) is 5.45. The number of carboxylic acids is 1. The Balaban J connectivity index is 1.71. The minimum absolute atomic E-state index is 0.0708. The van der Waals surface area contributed by atoms with E-state index in [1.165, 1.54) is 34.4 Å². The molecule has 204 valence electrons. The lowest BCUT2D eigenvalue weighted by atomic mass is 9.94. The number of carbonyl (C=O) groups excluding carboxylic acids is 1. The van der Waals surface area contributed by atoms with E-state index in [2.05, 4.69) is 26.2 Å². The van der Waals surface area contributed by atoms with Gasteiger partial charge in [-0.2, -0.15) is 0 Å². The number of hydrogen-bond acceptors (Lipinski definition) is 9. The van der Waals surface area contributed by atoms with Gasteiger partial charge in [-0.1, -0.05) is 22.0 Å². The van der Waals surface area contributed by atoms with E-state index in [4.69, 9.17) is 19.6 Å². The van der Waals surface area contributed by atoms with Crippen molar-refractivity contribution >= 4 is 45.0 Å². The molecule has 0 aliphatic carbocycles. The molecule has 0 radical (unpaired) electrons. The molecule has 0 spiro atoms. The molecule has 2 aromatic rings. The number of ether oxygens (including phenoxy) is 2. The van der Waals surface area contributed by atoms with Crippen molar-refractivity contribution in [2.75, 3.05) is 32.8 Å². The van der Waals surface area contributed by atoms with Crippen molar-refractivity contribution < 1.29 is 37.3 Å². The summed E-state index contributed by atoms with van der Waals surface area (Å²) in [5, 5.41) is 14.1. The Bertz CT molecular complexity index is 1230. The summed E-state index contributed by atoms with van der Waals surface area (Å²) < 4.78 is 54.2. The van der Waals surface area contributed by atoms with Crippen LogP contribution in [0.3, 0.4) is 0 Å². The molecule has 0 amide bonds. The number of carbonyl (C=O) groups is 2. The van der Waals surface area contributed by atoms with Gasteiger partial charge in [0.15, 0.2) is 10.8 Å². The topological polar surface area (TPSA) is 113 Å². The average molecular weight is 617 g/mol. The van der Waals surface area contributed by atoms with Gasteiger partial charge in [0.2, 0.25) is 0 Å². The summed E-state index contributed by atoms with van der Waals surface area (Å²) >= 11 is 4.65. The first-order valence-corrected chi connectivity index (χ1v) is 13.3. The van der Waals surface area contributed by atoms with Gasteiger partial charge in [-0.15, -0.1) is 11.3 Å². The Morgan fingerprint density at radius 2 is 2.03 bits per heavy atom. The molecule has 4 rings (SSSR count). The van der Waals surface area contributed by atoms with Crippen LogP contribution < -0.4 is 5.32 Å². The van der Waals surface area contributed by atoms with Gasteiger partial charge < -0.3 is 19.9 Å². The average Bonchev–Trinajstić information content (AvgIpc) is 3.38. The molecule has 3 heterocycles. The second kappa shape index (κ2) is 12.4. The van der Waals surface area contributed by atoms with Gasteiger partial charge in [0.25, 0.3) is 0 Å². The summed E-state index contributed by atoms with van der Waals surface area (Å²) in [6.07, 6.45) is -3.54. The summed E-state index contributed by atoms with van der Waals surface area (Å²) in [6, 6.07) is 3.06. The zero-order valence-electron chi connectivity index (χ0n) is 20.1. The number of alkyl halides is 2. The van der Waals surface area contributed by atoms with Crippen molar-refractivity contribution in [3.05, 3.63) is 61.9 Å². The largest absolute Gasteiger partial charge is 0.480 e. The molecule has 2 unspecified atom stereocenters. The highest BCUT2D eigenvalue weighted by molar-refractivity contribution is 9.10. The van der Waals surface area contributed by atoms with Gasteiger partial charge in [-0.05, 0) is 24.6 Å². The third kappa shape index (κ3) is 6.42. The van der Waals surface area contributed by atoms with Gasteiger partial charge in [-0.3, -0.25) is 9.89 Å². The van der Waals surface area contributed by atoms with Crippen molar-refractivity contribution in [3.8, 4) is 0 Å². The molecule has 14 heteroatoms. The third-order valence-electron chi connectivity index (χ3n) is 5.87. The molecule has 2 aliphatic rings. The first-order chi connectivity index (χ1) is 18.2. The molecule has 1 aromatic heterocycles. The number of aliphatic carboxylic acids is 1. The van der Waals surface area contributed by atoms with Crippen LogP contribution in [-0.4, -0.2) is 84.1 Å². The number of aliphatic imine (C=N–C) groups is 1. The second-order valence-corrected chi connectivity index (χ2v) is 10.3. The van der Waals surface area contributed by atoms with Gasteiger partial charge >= 0.3 is 11.9 Å². The van der Waals surface area contributed by atoms with Crippen molar-refractivity contribution in [2.24, 2.45) is 4.99 Å². The molecule has 3 atom stereocenters. The highest BCUT2D eigenvalue weighted by atomic mass is 79.9. The number of amidine groups is 1. The normalized spacial score (nSPS) is 24.1. The van der Waals surface area contributed by atoms with Gasteiger partial charge in [-0.25, -0.2) is 27.7 Å². The fraction of sp³-hybridized carbons (Fsp3) is 0.417. The lowest BCUT2D eigenvalue weighted by molar-refractivity contribution is -0.151. The summed E-state index contributed by atoms with van der Waals surface area (Å²) in [5.74, 6) is -2.17. The maximum atomic E-state index is 14.9. The third-order valence-corrected chi connectivity index (χ3v) is 7.34. The highest BCUT2D eigenvalue weighted by Crippen LogP contribution is 2.37. The van der Waals surface area contributed by atoms with E-state index in [1.807, 2.05) is 0 Å². The van der Waals surface area contributed by atoms with E-state index in [0.717, 1.165) is 0 Å². The SMILES string of the molecule is CCOC(=O)C1=C(CN2CC(F)C(OCC(=O)O)C(F)C2)NC(c2nccs2)=N[C@H]1c1ccc(F)cc1Br. The molecule has 0 bridgehead atoms. The van der Waals surface area contributed by atoms with E-state index in [-0.39, 0.29) is 31.8 Å². The molecular weight excluding hydrogens is 593 g/mol. The van der Waals surface area contributed by atoms with Gasteiger partial charge in [0.05, 0.1) is 12.2 Å². The smallest absolute Gasteiger partial charge is 0.338 e. The number of nitrogens with zero attached hydrogens (tertiary/aromatic N) is 3. The van der Waals surface area contributed by atoms with E-state index in [1.54, 1.807) is 18.5 Å². The number of esters is 1. The van der Waals surface area contributed by atoms with Crippen LogP contribution in [0.1, 0.15) is 23.5 Å². The van der Waals surface area contributed by atoms with Crippen LogP contribution in [0.4, 0.5) is 13.2 Å². The number of piperidine rings is 1. The van der Waals surface area contributed by atoms with Crippen molar-refractivity contribution in [3.63, 3.8) is 0 Å². The monoisotopic (exact) mass is 616 g/mol. The lowest BCUT2D eigenvalue weighted by Gasteiger charge is -2.38. The quantitative estimate of drug-likeness (QED) is 0.412. The van der Waals surface area contributed by atoms with E-state index >= 15 is 0 Å². The summed E-state index contributed by atoms with van der Waals surface area (Å²) in [4.78, 5) is 34.4. The number of halogens is 4. The minimum atomic E-state index is -1.80. The molecule has 9 nitrogen and oxygen atoms in total. The number of carboxylic acid groups (broad SMARTS) is 1. The second-order valence-electron chi connectivity index (χ2n) is 8.52. The zero-order chi connectivity index (χ0) is 27.4. The van der Waals surface area contributed by atoms with Gasteiger partial charge in [0, 0.05) is 41.4 Å². The van der Waals surface area contributed by atoms with Crippen LogP contribution in [0.15, 0.2) is 50.5 Å². The molecule has 38 heavy (non-hydrogen) atoms. The molecule has 1 saturated heterocycles. The number of nitrogens with one attached hydrogen (secondary N) is 1. The first-order valence-electron chi connectivity index (χ1n) is 11.6. The Morgan fingerprint density at radius 3 is 2.63 bits per heavy atom. The Hall–Kier alpha value is -2.81. The Kier molecular flexibility index (Phi) is 9.18. The van der Waals surface area contributed by atoms with Gasteiger partial charge in [0.1, 0.15) is 36.9 Å². The van der Waals surface area contributed by atoms with E-state index in [0.29, 0.717) is 26.6 Å². The van der Waals surface area contributed by atoms with E-state index in [9.17, 15) is 22.8 Å². The highest BCUT2D eigenvalue weighted by Gasteiger charge is 2.41. The van der Waals surface area contributed by atoms with Crippen LogP contribution in [0.25, 0.3) is 0 Å². The number of aromatic nitrogens is 1. The Labute approximate surface area is 228 Å². The summed E-state index contributed by atoms with van der Waals surface area (Å²) in [7, 11) is 0. The minimum Gasteiger partial charge on any atom is -0.480 e. The van der Waals surface area contributed by atoms with Crippen molar-refractivity contribution in [1.82, 2.24) is 15.2 Å². The van der Waals surface area contributed by atoms with Crippen LogP contribution in [-0.2, 0) is 19.1 Å². The molecule has 2 N–H and O–H groups in total. The first kappa shape index (κ1) is 28.2. The molecule has 1 fully saturated rings. The molecule has 1 aromatic carbocycles. The van der Waals surface area contributed by atoms with E-state index < -0.39 is 48.9 Å². The predicted molar refractivity (Wildman–Crippen MR) is 136 cm³/mol. The lowest BCUT2D eigenvalue weighted by Crippen LogP contribution is -2.54. The summed E-state index contributed by atoms with van der Waals surface area (Å²) in [5.41, 5.74) is 0.888. The number of benzene rings is 1.